The second kappa shape index (κ2) is 9.92. The lowest BCUT2D eigenvalue weighted by molar-refractivity contribution is 0.0684. The van der Waals surface area contributed by atoms with Crippen LogP contribution in [0.5, 0.6) is 0 Å². The fraction of sp³-hybridized carbons (Fsp3) is 0.458. The highest BCUT2D eigenvalue weighted by Gasteiger charge is 2.30. The summed E-state index contributed by atoms with van der Waals surface area (Å²) in [5, 5.41) is 0. The van der Waals surface area contributed by atoms with Crippen molar-refractivity contribution >= 4 is 15.9 Å². The Hall–Kier alpha value is -2.25. The first-order valence-corrected chi connectivity index (χ1v) is 12.3. The Kier molecular flexibility index (Phi) is 7.49. The van der Waals surface area contributed by atoms with Gasteiger partial charge in [-0.25, -0.2) is 12.8 Å². The Morgan fingerprint density at radius 1 is 1.00 bits per heavy atom. The first-order chi connectivity index (χ1) is 14.8. The molecule has 1 saturated carbocycles. The highest BCUT2D eigenvalue weighted by Crippen LogP contribution is 2.35. The first kappa shape index (κ1) is 23.4. The summed E-state index contributed by atoms with van der Waals surface area (Å²) in [6, 6.07) is 13.8. The van der Waals surface area contributed by atoms with E-state index >= 15 is 0 Å². The fourth-order valence-electron chi connectivity index (χ4n) is 4.42. The van der Waals surface area contributed by atoms with E-state index in [0.29, 0.717) is 19.0 Å². The van der Waals surface area contributed by atoms with Crippen LogP contribution >= 0.6 is 0 Å². The highest BCUT2D eigenvalue weighted by molar-refractivity contribution is 7.89. The quantitative estimate of drug-likeness (QED) is 0.622. The van der Waals surface area contributed by atoms with Crippen molar-refractivity contribution in [1.29, 1.82) is 0 Å². The molecular formula is C24H31FN2O3S. The van der Waals surface area contributed by atoms with Gasteiger partial charge in [-0.3, -0.25) is 4.79 Å². The number of benzene rings is 2. The maximum atomic E-state index is 14.5. The molecule has 2 aromatic rings. The van der Waals surface area contributed by atoms with Gasteiger partial charge in [0.1, 0.15) is 5.82 Å². The maximum Gasteiger partial charge on any atom is 0.256 e. The van der Waals surface area contributed by atoms with E-state index in [4.69, 9.17) is 0 Å². The molecule has 0 heterocycles. The molecule has 0 aliphatic heterocycles. The smallest absolute Gasteiger partial charge is 0.256 e. The molecule has 0 spiro atoms. The Morgan fingerprint density at radius 3 is 2.19 bits per heavy atom. The summed E-state index contributed by atoms with van der Waals surface area (Å²) in [5.74, 6) is -0.703. The third kappa shape index (κ3) is 4.99. The van der Waals surface area contributed by atoms with Crippen molar-refractivity contribution in [2.75, 3.05) is 20.1 Å². The average molecular weight is 447 g/mol. The molecule has 1 aliphatic rings. The van der Waals surface area contributed by atoms with Crippen LogP contribution < -0.4 is 0 Å². The predicted molar refractivity (Wildman–Crippen MR) is 120 cm³/mol. The van der Waals surface area contributed by atoms with E-state index < -0.39 is 21.7 Å². The lowest BCUT2D eigenvalue weighted by atomic mass is 9.81. The molecule has 0 aromatic heterocycles. The third-order valence-corrected chi connectivity index (χ3v) is 8.39. The molecule has 0 saturated heterocycles. The van der Waals surface area contributed by atoms with E-state index in [9.17, 15) is 17.6 Å². The van der Waals surface area contributed by atoms with E-state index in [1.807, 2.05) is 18.2 Å². The van der Waals surface area contributed by atoms with Crippen molar-refractivity contribution < 1.29 is 17.6 Å². The Balaban J connectivity index is 1.75. The molecule has 31 heavy (non-hydrogen) atoms. The maximum absolute atomic E-state index is 14.5. The largest absolute Gasteiger partial charge is 0.339 e. The number of carbonyl (C=O) groups is 1. The zero-order valence-corrected chi connectivity index (χ0v) is 19.2. The van der Waals surface area contributed by atoms with Crippen LogP contribution in [-0.4, -0.2) is 49.7 Å². The second-order valence-corrected chi connectivity index (χ2v) is 10.0. The molecule has 3 rings (SSSR count). The number of nitrogens with zero attached hydrogens (tertiary/aromatic N) is 2. The van der Waals surface area contributed by atoms with Gasteiger partial charge in [0.25, 0.3) is 5.91 Å². The monoisotopic (exact) mass is 446 g/mol. The summed E-state index contributed by atoms with van der Waals surface area (Å²) in [6.07, 6.45) is 3.60. The summed E-state index contributed by atoms with van der Waals surface area (Å²) in [4.78, 5) is 14.6. The van der Waals surface area contributed by atoms with Crippen LogP contribution in [0.25, 0.3) is 0 Å². The van der Waals surface area contributed by atoms with E-state index in [1.54, 1.807) is 25.8 Å². The van der Waals surface area contributed by atoms with Crippen LogP contribution in [0.4, 0.5) is 4.39 Å². The highest BCUT2D eigenvalue weighted by atomic mass is 32.2. The van der Waals surface area contributed by atoms with Gasteiger partial charge >= 0.3 is 0 Å². The van der Waals surface area contributed by atoms with Gasteiger partial charge in [-0.1, -0.05) is 44.2 Å². The van der Waals surface area contributed by atoms with Gasteiger partial charge in [0, 0.05) is 26.2 Å². The Bertz CT molecular complexity index is 999. The van der Waals surface area contributed by atoms with Gasteiger partial charge < -0.3 is 4.90 Å². The van der Waals surface area contributed by atoms with Gasteiger partial charge in [0.2, 0.25) is 10.0 Å². The van der Waals surface area contributed by atoms with Crippen LogP contribution in [0.15, 0.2) is 53.4 Å². The molecule has 1 aliphatic carbocycles. The molecule has 0 atom stereocenters. The lowest BCUT2D eigenvalue weighted by Crippen LogP contribution is -2.39. The van der Waals surface area contributed by atoms with E-state index in [-0.39, 0.29) is 16.5 Å². The minimum atomic E-state index is -3.77. The van der Waals surface area contributed by atoms with Crippen molar-refractivity contribution in [2.45, 2.75) is 56.4 Å². The van der Waals surface area contributed by atoms with Crippen molar-refractivity contribution in [3.05, 3.63) is 65.5 Å². The topological polar surface area (TPSA) is 57.7 Å². The number of amides is 1. The number of halogens is 1. The fourth-order valence-corrected chi connectivity index (χ4v) is 5.90. The molecule has 7 heteroatoms. The van der Waals surface area contributed by atoms with E-state index in [0.717, 1.165) is 31.7 Å². The molecule has 0 unspecified atom stereocenters. The van der Waals surface area contributed by atoms with Gasteiger partial charge in [-0.15, -0.1) is 0 Å². The molecular weight excluding hydrogens is 415 g/mol. The predicted octanol–water partition coefficient (Wildman–Crippen LogP) is 4.65. The van der Waals surface area contributed by atoms with Crippen LogP contribution in [0.2, 0.25) is 0 Å². The minimum absolute atomic E-state index is 0.00917. The van der Waals surface area contributed by atoms with Gasteiger partial charge in [-0.2, -0.15) is 4.31 Å². The zero-order valence-electron chi connectivity index (χ0n) is 18.4. The number of sulfonamides is 1. The molecule has 0 N–H and O–H groups in total. The van der Waals surface area contributed by atoms with Crippen molar-refractivity contribution in [1.82, 2.24) is 9.21 Å². The van der Waals surface area contributed by atoms with E-state index in [1.165, 1.54) is 22.0 Å². The van der Waals surface area contributed by atoms with Crippen molar-refractivity contribution in [2.24, 2.45) is 0 Å². The van der Waals surface area contributed by atoms with Crippen molar-refractivity contribution in [3.63, 3.8) is 0 Å². The van der Waals surface area contributed by atoms with Gasteiger partial charge in [-0.05, 0) is 55.4 Å². The second-order valence-electron chi connectivity index (χ2n) is 8.06. The molecule has 0 radical (unpaired) electrons. The number of rotatable bonds is 7. The summed E-state index contributed by atoms with van der Waals surface area (Å²) in [6.45, 7) is 4.11. The third-order valence-electron chi connectivity index (χ3n) is 6.35. The standard InChI is InChI=1S/C24H31FN2O3S/c1-4-27(5-2)31(29,30)21-15-16-23(25)22(17-21)24(28)26(3)20-13-11-19(12-14-20)18-9-7-6-8-10-18/h6-10,15-17,19-20H,4-5,11-14H2,1-3H3. The number of hydrogen-bond acceptors (Lipinski definition) is 3. The number of carbonyl (C=O) groups excluding carboxylic acids is 1. The van der Waals surface area contributed by atoms with E-state index in [2.05, 4.69) is 12.1 Å². The molecule has 0 bridgehead atoms. The van der Waals surface area contributed by atoms with Gasteiger partial charge in [0.15, 0.2) is 0 Å². The van der Waals surface area contributed by atoms with Crippen LogP contribution in [0.1, 0.15) is 61.4 Å². The Morgan fingerprint density at radius 2 is 1.61 bits per heavy atom. The summed E-state index contributed by atoms with van der Waals surface area (Å²) in [5.41, 5.74) is 1.12. The zero-order chi connectivity index (χ0) is 22.6. The molecule has 168 valence electrons. The first-order valence-electron chi connectivity index (χ1n) is 10.9. The minimum Gasteiger partial charge on any atom is -0.339 e. The molecule has 2 aromatic carbocycles. The normalized spacial score (nSPS) is 19.4. The summed E-state index contributed by atoms with van der Waals surface area (Å²) < 4.78 is 41.4. The van der Waals surface area contributed by atoms with Gasteiger partial charge in [0.05, 0.1) is 10.5 Å². The summed E-state index contributed by atoms with van der Waals surface area (Å²) in [7, 11) is -2.09. The molecule has 5 nitrogen and oxygen atoms in total. The lowest BCUT2D eigenvalue weighted by Gasteiger charge is -2.35. The van der Waals surface area contributed by atoms with Crippen molar-refractivity contribution in [3.8, 4) is 0 Å². The SMILES string of the molecule is CCN(CC)S(=O)(=O)c1ccc(F)c(C(=O)N(C)C2CCC(c3ccccc3)CC2)c1. The molecule has 1 fully saturated rings. The molecule has 1 amide bonds. The van der Waals surface area contributed by atoms with Crippen LogP contribution in [0, 0.1) is 5.82 Å². The number of hydrogen-bond donors (Lipinski definition) is 0. The average Bonchev–Trinajstić information content (AvgIpc) is 2.79. The Labute approximate surface area is 184 Å². The summed E-state index contributed by atoms with van der Waals surface area (Å²) >= 11 is 0. The van der Waals surface area contributed by atoms with Crippen LogP contribution in [0.3, 0.4) is 0 Å². The van der Waals surface area contributed by atoms with Crippen LogP contribution in [-0.2, 0) is 10.0 Å².